The topological polar surface area (TPSA) is 72.9 Å². The van der Waals surface area contributed by atoms with E-state index in [0.717, 1.165) is 24.2 Å². The number of nitrogens with two attached hydrogens (primary N) is 1. The first-order valence-corrected chi connectivity index (χ1v) is 6.02. The van der Waals surface area contributed by atoms with E-state index >= 15 is 0 Å². The maximum absolute atomic E-state index is 12.1. The average Bonchev–Trinajstić information content (AvgIpc) is 2.52. The van der Waals surface area contributed by atoms with Gasteiger partial charge in [-0.05, 0) is 33.2 Å². The van der Waals surface area contributed by atoms with Crippen molar-refractivity contribution in [2.45, 2.75) is 39.7 Å². The number of nitrogens with zero attached hydrogens (tertiary/aromatic N) is 2. The number of nitrogens with one attached hydrogen (secondary N) is 1. The van der Waals surface area contributed by atoms with Crippen molar-refractivity contribution in [3.05, 3.63) is 17.0 Å². The molecule has 5 heteroatoms. The Kier molecular flexibility index (Phi) is 4.69. The Morgan fingerprint density at radius 1 is 1.53 bits per heavy atom. The Morgan fingerprint density at radius 3 is 2.59 bits per heavy atom. The van der Waals surface area contributed by atoms with Gasteiger partial charge >= 0.3 is 0 Å². The van der Waals surface area contributed by atoms with Crippen molar-refractivity contribution in [3.63, 3.8) is 0 Å². The molecule has 0 saturated carbocycles. The van der Waals surface area contributed by atoms with Gasteiger partial charge in [-0.15, -0.1) is 0 Å². The molecule has 0 aliphatic carbocycles. The molecule has 0 radical (unpaired) electrons. The van der Waals surface area contributed by atoms with Gasteiger partial charge in [-0.1, -0.05) is 6.92 Å². The smallest absolute Gasteiger partial charge is 0.255 e. The minimum atomic E-state index is -0.0478. The number of carbonyl (C=O) groups excluding carboxylic acids is 1. The molecule has 0 fully saturated rings. The second kappa shape index (κ2) is 5.82. The Bertz CT molecular complexity index is 397. The molecule has 1 atom stereocenters. The molecular formula is C12H22N4O. The third-order valence-electron chi connectivity index (χ3n) is 3.08. The molecule has 5 nitrogen and oxygen atoms in total. The van der Waals surface area contributed by atoms with Gasteiger partial charge in [0.2, 0.25) is 0 Å². The van der Waals surface area contributed by atoms with Gasteiger partial charge in [-0.3, -0.25) is 9.48 Å². The minimum absolute atomic E-state index is 0.0478. The summed E-state index contributed by atoms with van der Waals surface area (Å²) in [5.41, 5.74) is 7.86. The van der Waals surface area contributed by atoms with Crippen molar-refractivity contribution in [3.8, 4) is 0 Å². The lowest BCUT2D eigenvalue weighted by molar-refractivity contribution is 0.0933. The van der Waals surface area contributed by atoms with Crippen molar-refractivity contribution in [1.82, 2.24) is 15.1 Å². The average molecular weight is 238 g/mol. The quantitative estimate of drug-likeness (QED) is 0.800. The zero-order valence-electron chi connectivity index (χ0n) is 11.1. The fourth-order valence-corrected chi connectivity index (χ4v) is 1.94. The van der Waals surface area contributed by atoms with E-state index in [1.165, 1.54) is 0 Å². The molecule has 17 heavy (non-hydrogen) atoms. The van der Waals surface area contributed by atoms with Crippen LogP contribution in [0, 0.1) is 13.8 Å². The lowest BCUT2D eigenvalue weighted by atomic mass is 10.1. The molecule has 0 spiro atoms. The van der Waals surface area contributed by atoms with Crippen molar-refractivity contribution >= 4 is 5.91 Å². The van der Waals surface area contributed by atoms with Crippen molar-refractivity contribution in [2.75, 3.05) is 6.54 Å². The fraction of sp³-hybridized carbons (Fsp3) is 0.667. The Labute approximate surface area is 102 Å². The van der Waals surface area contributed by atoms with E-state index in [4.69, 9.17) is 5.73 Å². The normalized spacial score (nSPS) is 12.5. The highest BCUT2D eigenvalue weighted by Crippen LogP contribution is 2.12. The summed E-state index contributed by atoms with van der Waals surface area (Å²) in [6.45, 7) is 6.39. The monoisotopic (exact) mass is 238 g/mol. The molecule has 3 N–H and O–H groups in total. The van der Waals surface area contributed by atoms with Gasteiger partial charge in [0.05, 0.1) is 11.3 Å². The lowest BCUT2D eigenvalue weighted by Gasteiger charge is -2.16. The second-order valence-corrected chi connectivity index (χ2v) is 4.33. The molecule has 0 saturated heterocycles. The van der Waals surface area contributed by atoms with E-state index in [0.29, 0.717) is 12.1 Å². The number of aromatic nitrogens is 2. The van der Waals surface area contributed by atoms with Crippen LogP contribution < -0.4 is 11.1 Å². The summed E-state index contributed by atoms with van der Waals surface area (Å²) < 4.78 is 1.73. The molecule has 1 unspecified atom stereocenters. The largest absolute Gasteiger partial charge is 0.349 e. The summed E-state index contributed by atoms with van der Waals surface area (Å²) in [4.78, 5) is 12.1. The van der Waals surface area contributed by atoms with Crippen molar-refractivity contribution < 1.29 is 4.79 Å². The van der Waals surface area contributed by atoms with Gasteiger partial charge in [0, 0.05) is 18.8 Å². The third-order valence-corrected chi connectivity index (χ3v) is 3.08. The first-order chi connectivity index (χ1) is 8.01. The molecule has 1 amide bonds. The standard InChI is InChI=1S/C12H22N4O/c1-5-10(6-7-13)14-12(17)11-8(2)15-16(4)9(11)3/h10H,5-7,13H2,1-4H3,(H,14,17). The summed E-state index contributed by atoms with van der Waals surface area (Å²) in [5, 5.41) is 7.25. The number of hydrogen-bond donors (Lipinski definition) is 2. The molecule has 0 aromatic carbocycles. The Hall–Kier alpha value is -1.36. The summed E-state index contributed by atoms with van der Waals surface area (Å²) in [5.74, 6) is -0.0478. The highest BCUT2D eigenvalue weighted by molar-refractivity contribution is 5.96. The summed E-state index contributed by atoms with van der Waals surface area (Å²) in [6, 6.07) is 0.145. The number of rotatable bonds is 5. The van der Waals surface area contributed by atoms with Crippen molar-refractivity contribution in [2.24, 2.45) is 12.8 Å². The molecule has 1 rings (SSSR count). The van der Waals surface area contributed by atoms with E-state index in [-0.39, 0.29) is 11.9 Å². The molecule has 0 aliphatic heterocycles. The molecule has 1 aromatic rings. The van der Waals surface area contributed by atoms with Crippen LogP contribution >= 0.6 is 0 Å². The SMILES string of the molecule is CCC(CCN)NC(=O)c1c(C)nn(C)c1C. The van der Waals surface area contributed by atoms with Crippen LogP contribution in [-0.2, 0) is 7.05 Å². The maximum atomic E-state index is 12.1. The predicted molar refractivity (Wildman–Crippen MR) is 67.9 cm³/mol. The number of aryl methyl sites for hydroxylation is 2. The third kappa shape index (κ3) is 3.06. The summed E-state index contributed by atoms with van der Waals surface area (Å²) in [7, 11) is 1.84. The van der Waals surface area contributed by atoms with Gasteiger partial charge in [-0.2, -0.15) is 5.10 Å². The van der Waals surface area contributed by atoms with Crippen LogP contribution in [0.3, 0.4) is 0 Å². The lowest BCUT2D eigenvalue weighted by Crippen LogP contribution is -2.36. The zero-order chi connectivity index (χ0) is 13.0. The van der Waals surface area contributed by atoms with Gasteiger partial charge in [-0.25, -0.2) is 0 Å². The van der Waals surface area contributed by atoms with Gasteiger partial charge in [0.15, 0.2) is 0 Å². The van der Waals surface area contributed by atoms with Gasteiger partial charge in [0.1, 0.15) is 0 Å². The summed E-state index contributed by atoms with van der Waals surface area (Å²) >= 11 is 0. The second-order valence-electron chi connectivity index (χ2n) is 4.33. The Balaban J connectivity index is 2.82. The van der Waals surface area contributed by atoms with Gasteiger partial charge < -0.3 is 11.1 Å². The van der Waals surface area contributed by atoms with Crippen LogP contribution in [0.5, 0.6) is 0 Å². The predicted octanol–water partition coefficient (Wildman–Crippen LogP) is 0.894. The van der Waals surface area contributed by atoms with E-state index in [1.54, 1.807) is 4.68 Å². The number of hydrogen-bond acceptors (Lipinski definition) is 3. The molecule has 96 valence electrons. The molecule has 1 aromatic heterocycles. The highest BCUT2D eigenvalue weighted by atomic mass is 16.1. The zero-order valence-corrected chi connectivity index (χ0v) is 11.1. The number of carbonyl (C=O) groups is 1. The highest BCUT2D eigenvalue weighted by Gasteiger charge is 2.19. The van der Waals surface area contributed by atoms with E-state index < -0.39 is 0 Å². The van der Waals surface area contributed by atoms with E-state index in [9.17, 15) is 4.79 Å². The molecule has 1 heterocycles. The summed E-state index contributed by atoms with van der Waals surface area (Å²) in [6.07, 6.45) is 1.70. The van der Waals surface area contributed by atoms with Crippen LogP contribution in [0.1, 0.15) is 41.5 Å². The van der Waals surface area contributed by atoms with E-state index in [2.05, 4.69) is 10.4 Å². The van der Waals surface area contributed by atoms with Crippen LogP contribution in [0.15, 0.2) is 0 Å². The molecular weight excluding hydrogens is 216 g/mol. The maximum Gasteiger partial charge on any atom is 0.255 e. The molecule has 0 aliphatic rings. The Morgan fingerprint density at radius 2 is 2.18 bits per heavy atom. The first-order valence-electron chi connectivity index (χ1n) is 6.02. The number of amides is 1. The fourth-order valence-electron chi connectivity index (χ4n) is 1.94. The minimum Gasteiger partial charge on any atom is -0.349 e. The first kappa shape index (κ1) is 13.7. The van der Waals surface area contributed by atoms with Crippen LogP contribution in [0.25, 0.3) is 0 Å². The van der Waals surface area contributed by atoms with E-state index in [1.807, 2.05) is 27.8 Å². The van der Waals surface area contributed by atoms with Crippen molar-refractivity contribution in [1.29, 1.82) is 0 Å². The van der Waals surface area contributed by atoms with Crippen LogP contribution in [0.2, 0.25) is 0 Å². The molecule has 0 bridgehead atoms. The van der Waals surface area contributed by atoms with Crippen LogP contribution in [-0.4, -0.2) is 28.3 Å². The van der Waals surface area contributed by atoms with Crippen LogP contribution in [0.4, 0.5) is 0 Å². The van der Waals surface area contributed by atoms with Gasteiger partial charge in [0.25, 0.3) is 5.91 Å².